The van der Waals surface area contributed by atoms with Gasteiger partial charge in [-0.3, -0.25) is 0 Å². The van der Waals surface area contributed by atoms with Gasteiger partial charge in [-0.1, -0.05) is 65.0 Å². The van der Waals surface area contributed by atoms with Gasteiger partial charge >= 0.3 is 0 Å². The van der Waals surface area contributed by atoms with E-state index in [0.29, 0.717) is 0 Å². The van der Waals surface area contributed by atoms with Gasteiger partial charge in [-0.25, -0.2) is 0 Å². The molecule has 2 rings (SSSR count). The molecule has 0 fully saturated rings. The summed E-state index contributed by atoms with van der Waals surface area (Å²) >= 11 is 0. The fourth-order valence-electron chi connectivity index (χ4n) is 1.90. The first-order valence-corrected chi connectivity index (χ1v) is 6.69. The van der Waals surface area contributed by atoms with E-state index < -0.39 is 0 Å². The van der Waals surface area contributed by atoms with Gasteiger partial charge in [0.05, 0.1) is 0 Å². The first-order valence-electron chi connectivity index (χ1n) is 6.69. The number of benzene rings is 1. The van der Waals surface area contributed by atoms with E-state index in [4.69, 9.17) is 0 Å². The van der Waals surface area contributed by atoms with Crippen LogP contribution in [0.3, 0.4) is 0 Å². The summed E-state index contributed by atoms with van der Waals surface area (Å²) in [5.41, 5.74) is 4.53. The summed E-state index contributed by atoms with van der Waals surface area (Å²) in [6.45, 7) is 10.2. The molecule has 0 radical (unpaired) electrons. The summed E-state index contributed by atoms with van der Waals surface area (Å²) in [5, 5.41) is 0. The SMILES string of the molecule is CC.CC.CCC1=CCCc2ccccc21. The Hall–Kier alpha value is -1.04. The minimum absolute atomic E-state index is 1.16. The van der Waals surface area contributed by atoms with E-state index in [1.165, 1.54) is 29.5 Å². The molecule has 0 heteroatoms. The highest BCUT2D eigenvalue weighted by Crippen LogP contribution is 2.27. The molecule has 0 aliphatic heterocycles. The molecule has 0 N–H and O–H groups in total. The second-order valence-electron chi connectivity index (χ2n) is 3.28. The van der Waals surface area contributed by atoms with Gasteiger partial charge in [-0.2, -0.15) is 0 Å². The van der Waals surface area contributed by atoms with Crippen molar-refractivity contribution in [1.29, 1.82) is 0 Å². The van der Waals surface area contributed by atoms with Gasteiger partial charge in [0.15, 0.2) is 0 Å². The average molecular weight is 218 g/mol. The lowest BCUT2D eigenvalue weighted by Crippen LogP contribution is -1.98. The van der Waals surface area contributed by atoms with Crippen LogP contribution < -0.4 is 0 Å². The zero-order valence-corrected chi connectivity index (χ0v) is 11.5. The van der Waals surface area contributed by atoms with Crippen LogP contribution >= 0.6 is 0 Å². The maximum atomic E-state index is 2.38. The topological polar surface area (TPSA) is 0 Å². The van der Waals surface area contributed by atoms with E-state index in [-0.39, 0.29) is 0 Å². The summed E-state index contributed by atoms with van der Waals surface area (Å²) in [6.07, 6.45) is 5.99. The molecule has 1 aromatic rings. The smallest absolute Gasteiger partial charge is 0.0196 e. The third-order valence-electron chi connectivity index (χ3n) is 2.55. The highest BCUT2D eigenvalue weighted by Gasteiger charge is 2.08. The summed E-state index contributed by atoms with van der Waals surface area (Å²) in [7, 11) is 0. The Balaban J connectivity index is 0.000000509. The summed E-state index contributed by atoms with van der Waals surface area (Å²) in [4.78, 5) is 0. The molecule has 1 aliphatic rings. The predicted molar refractivity (Wildman–Crippen MR) is 75.7 cm³/mol. The molecule has 0 atom stereocenters. The van der Waals surface area contributed by atoms with Crippen LogP contribution in [0.5, 0.6) is 0 Å². The molecular weight excluding hydrogens is 192 g/mol. The largest absolute Gasteiger partial charge is 0.0804 e. The predicted octanol–water partition coefficient (Wildman–Crippen LogP) is 5.48. The van der Waals surface area contributed by atoms with Crippen molar-refractivity contribution in [3.63, 3.8) is 0 Å². The minimum Gasteiger partial charge on any atom is -0.0804 e. The van der Waals surface area contributed by atoms with Gasteiger partial charge in [-0.05, 0) is 36.0 Å². The van der Waals surface area contributed by atoms with Crippen molar-refractivity contribution in [1.82, 2.24) is 0 Å². The van der Waals surface area contributed by atoms with Gasteiger partial charge in [0.2, 0.25) is 0 Å². The first kappa shape index (κ1) is 15.0. The number of hydrogen-bond acceptors (Lipinski definition) is 0. The Bertz CT molecular complexity index is 308. The molecule has 0 saturated carbocycles. The van der Waals surface area contributed by atoms with Crippen LogP contribution in [0.2, 0.25) is 0 Å². The third kappa shape index (κ3) is 3.84. The summed E-state index contributed by atoms with van der Waals surface area (Å²) in [6, 6.07) is 8.76. The standard InChI is InChI=1S/C12H14.2C2H6/c1-2-10-7-5-8-11-6-3-4-9-12(10)11;2*1-2/h3-4,6-7,9H,2,5,8H2,1H3;2*1-2H3. The lowest BCUT2D eigenvalue weighted by atomic mass is 9.90. The van der Waals surface area contributed by atoms with Crippen LogP contribution in [-0.2, 0) is 6.42 Å². The van der Waals surface area contributed by atoms with Crippen LogP contribution in [0, 0.1) is 0 Å². The maximum Gasteiger partial charge on any atom is -0.0196 e. The van der Waals surface area contributed by atoms with Crippen molar-refractivity contribution in [2.75, 3.05) is 0 Å². The van der Waals surface area contributed by atoms with Crippen LogP contribution in [0.25, 0.3) is 5.57 Å². The quantitative estimate of drug-likeness (QED) is 0.585. The van der Waals surface area contributed by atoms with Crippen LogP contribution in [-0.4, -0.2) is 0 Å². The monoisotopic (exact) mass is 218 g/mol. The van der Waals surface area contributed by atoms with Crippen molar-refractivity contribution in [2.45, 2.75) is 53.9 Å². The summed E-state index contributed by atoms with van der Waals surface area (Å²) in [5.74, 6) is 0. The normalized spacial score (nSPS) is 12.2. The summed E-state index contributed by atoms with van der Waals surface area (Å²) < 4.78 is 0. The van der Waals surface area contributed by atoms with E-state index in [1.54, 1.807) is 0 Å². The van der Waals surface area contributed by atoms with Gasteiger partial charge < -0.3 is 0 Å². The molecule has 1 aromatic carbocycles. The van der Waals surface area contributed by atoms with E-state index >= 15 is 0 Å². The first-order chi connectivity index (χ1) is 7.92. The molecule has 0 saturated heterocycles. The lowest BCUT2D eigenvalue weighted by Gasteiger charge is -2.15. The van der Waals surface area contributed by atoms with E-state index in [1.807, 2.05) is 27.7 Å². The highest BCUT2D eigenvalue weighted by molar-refractivity contribution is 5.69. The second kappa shape index (κ2) is 9.21. The number of hydrogen-bond donors (Lipinski definition) is 0. The molecule has 0 aromatic heterocycles. The number of allylic oxidation sites excluding steroid dienone is 2. The Morgan fingerprint density at radius 2 is 1.62 bits per heavy atom. The zero-order chi connectivity index (χ0) is 12.4. The van der Waals surface area contributed by atoms with Crippen molar-refractivity contribution in [2.24, 2.45) is 0 Å². The molecule has 0 unspecified atom stereocenters. The molecule has 0 spiro atoms. The van der Waals surface area contributed by atoms with E-state index in [9.17, 15) is 0 Å². The lowest BCUT2D eigenvalue weighted by molar-refractivity contribution is 0.963. The molecule has 16 heavy (non-hydrogen) atoms. The van der Waals surface area contributed by atoms with Gasteiger partial charge in [0.1, 0.15) is 0 Å². The molecular formula is C16H26. The maximum absolute atomic E-state index is 2.38. The molecule has 0 nitrogen and oxygen atoms in total. The number of aryl methyl sites for hydroxylation is 1. The van der Waals surface area contributed by atoms with Gasteiger partial charge in [-0.15, -0.1) is 0 Å². The molecule has 1 aliphatic carbocycles. The van der Waals surface area contributed by atoms with Crippen molar-refractivity contribution < 1.29 is 0 Å². The van der Waals surface area contributed by atoms with Gasteiger partial charge in [0.25, 0.3) is 0 Å². The second-order valence-corrected chi connectivity index (χ2v) is 3.28. The van der Waals surface area contributed by atoms with Crippen LogP contribution in [0.1, 0.15) is 58.6 Å². The third-order valence-corrected chi connectivity index (χ3v) is 2.55. The molecule has 0 heterocycles. The zero-order valence-electron chi connectivity index (χ0n) is 11.5. The minimum atomic E-state index is 1.16. The Kier molecular flexibility index (Phi) is 8.61. The fourth-order valence-corrected chi connectivity index (χ4v) is 1.90. The average Bonchev–Trinajstić information content (AvgIpc) is 2.42. The van der Waals surface area contributed by atoms with Gasteiger partial charge in [0, 0.05) is 0 Å². The Morgan fingerprint density at radius 3 is 2.25 bits per heavy atom. The van der Waals surface area contributed by atoms with Crippen LogP contribution in [0.15, 0.2) is 30.3 Å². The van der Waals surface area contributed by atoms with Crippen LogP contribution in [0.4, 0.5) is 0 Å². The van der Waals surface area contributed by atoms with Crippen molar-refractivity contribution >= 4 is 5.57 Å². The molecule has 0 amide bonds. The van der Waals surface area contributed by atoms with Crippen molar-refractivity contribution in [3.05, 3.63) is 41.5 Å². The highest BCUT2D eigenvalue weighted by atomic mass is 14.1. The fraction of sp³-hybridized carbons (Fsp3) is 0.500. The number of fused-ring (bicyclic) bond motifs is 1. The molecule has 0 bridgehead atoms. The Morgan fingerprint density at radius 1 is 1.00 bits per heavy atom. The Labute approximate surface area is 101 Å². The van der Waals surface area contributed by atoms with E-state index in [2.05, 4.69) is 37.3 Å². The molecule has 90 valence electrons. The van der Waals surface area contributed by atoms with Crippen molar-refractivity contribution in [3.8, 4) is 0 Å². The number of rotatable bonds is 1. The van der Waals surface area contributed by atoms with E-state index in [0.717, 1.165) is 6.42 Å².